The van der Waals surface area contributed by atoms with Gasteiger partial charge in [-0.25, -0.2) is 0 Å². The smallest absolute Gasteiger partial charge is 0.0255 e. The highest BCUT2D eigenvalue weighted by Crippen LogP contribution is 1.95. The van der Waals surface area contributed by atoms with Crippen LogP contribution in [0.3, 0.4) is 0 Å². The lowest BCUT2D eigenvalue weighted by Crippen LogP contribution is -1.71. The summed E-state index contributed by atoms with van der Waals surface area (Å²) in [4.78, 5) is 0. The molecule has 0 unspecified atom stereocenters. The number of hydrogen-bond acceptors (Lipinski definition) is 0. The maximum atomic E-state index is 2.99. The summed E-state index contributed by atoms with van der Waals surface area (Å²) in [6.07, 6.45) is 0. The van der Waals surface area contributed by atoms with Gasteiger partial charge < -0.3 is 0 Å². The van der Waals surface area contributed by atoms with Crippen LogP contribution in [0.2, 0.25) is 0 Å². The molecule has 0 aliphatic rings. The van der Waals surface area contributed by atoms with E-state index in [0.29, 0.717) is 0 Å². The average molecular weight is 202 g/mol. The monoisotopic (exact) mass is 202 g/mol. The van der Waals surface area contributed by atoms with Crippen LogP contribution in [-0.2, 0) is 0 Å². The highest BCUT2D eigenvalue weighted by atomic mass is 13.8. The fourth-order valence-electron chi connectivity index (χ4n) is 1.25. The van der Waals surface area contributed by atoms with Crippen molar-refractivity contribution in [3.05, 3.63) is 71.8 Å². The van der Waals surface area contributed by atoms with Gasteiger partial charge in [0.2, 0.25) is 0 Å². The minimum absolute atomic E-state index is 0.991. The first-order valence-corrected chi connectivity index (χ1v) is 5.07. The van der Waals surface area contributed by atoms with Crippen LogP contribution in [0.1, 0.15) is 11.1 Å². The maximum Gasteiger partial charge on any atom is 0.0255 e. The average Bonchev–Trinajstić information content (AvgIpc) is 2.37. The van der Waals surface area contributed by atoms with E-state index in [4.69, 9.17) is 0 Å². The highest BCUT2D eigenvalue weighted by molar-refractivity contribution is 5.43. The molecule has 0 fully saturated rings. The molecule has 16 heavy (non-hydrogen) atoms. The Morgan fingerprint density at radius 3 is 1.25 bits per heavy atom. The van der Waals surface area contributed by atoms with Crippen molar-refractivity contribution >= 4 is 0 Å². The van der Waals surface area contributed by atoms with Crippen LogP contribution in [0.15, 0.2) is 60.7 Å². The van der Waals surface area contributed by atoms with Crippen LogP contribution in [0.4, 0.5) is 0 Å². The van der Waals surface area contributed by atoms with Crippen LogP contribution >= 0.6 is 0 Å². The lowest BCUT2D eigenvalue weighted by molar-refractivity contribution is 1.65. The van der Waals surface area contributed by atoms with Gasteiger partial charge in [0, 0.05) is 11.1 Å². The van der Waals surface area contributed by atoms with Crippen molar-refractivity contribution in [3.63, 3.8) is 0 Å². The van der Waals surface area contributed by atoms with E-state index in [-0.39, 0.29) is 0 Å². The van der Waals surface area contributed by atoms with E-state index in [1.807, 2.05) is 60.7 Å². The molecular weight excluding hydrogens is 192 g/mol. The van der Waals surface area contributed by atoms with Gasteiger partial charge in [0.25, 0.3) is 0 Å². The first kappa shape index (κ1) is 10.1. The minimum Gasteiger partial charge on any atom is -0.0622 e. The second-order valence-corrected chi connectivity index (χ2v) is 3.23. The normalized spacial score (nSPS) is 8.25. The molecule has 0 heterocycles. The summed E-state index contributed by atoms with van der Waals surface area (Å²) in [5, 5.41) is 0. The molecule has 0 bridgehead atoms. The van der Waals surface area contributed by atoms with E-state index in [9.17, 15) is 0 Å². The fraction of sp³-hybridized carbons (Fsp3) is 0. The molecule has 0 heteroatoms. The van der Waals surface area contributed by atoms with Crippen molar-refractivity contribution in [1.29, 1.82) is 0 Å². The summed E-state index contributed by atoms with van der Waals surface area (Å²) in [6.45, 7) is 0. The lowest BCUT2D eigenvalue weighted by atomic mass is 10.2. The first-order chi connectivity index (χ1) is 7.95. The van der Waals surface area contributed by atoms with E-state index < -0.39 is 0 Å². The standard InChI is InChI=1S/C16H10/c1-3-9-15(10-4-1)13-7-8-14-16-11-5-2-6-12-16/h1-6,9-12H. The van der Waals surface area contributed by atoms with Crippen LogP contribution in [0.5, 0.6) is 0 Å². The fourth-order valence-corrected chi connectivity index (χ4v) is 1.25. The Kier molecular flexibility index (Phi) is 3.43. The molecule has 0 amide bonds. The van der Waals surface area contributed by atoms with E-state index in [1.165, 1.54) is 0 Å². The molecule has 0 nitrogen and oxygen atoms in total. The van der Waals surface area contributed by atoms with Crippen LogP contribution in [-0.4, -0.2) is 0 Å². The Bertz CT molecular complexity index is 502. The molecule has 0 aliphatic heterocycles. The summed E-state index contributed by atoms with van der Waals surface area (Å²) >= 11 is 0. The van der Waals surface area contributed by atoms with Gasteiger partial charge in [0.05, 0.1) is 0 Å². The van der Waals surface area contributed by atoms with Crippen molar-refractivity contribution in [2.75, 3.05) is 0 Å². The molecule has 0 N–H and O–H groups in total. The summed E-state index contributed by atoms with van der Waals surface area (Å²) in [6, 6.07) is 19.7. The van der Waals surface area contributed by atoms with Crippen molar-refractivity contribution in [2.24, 2.45) is 0 Å². The molecule has 0 aromatic heterocycles. The molecule has 0 atom stereocenters. The Morgan fingerprint density at radius 2 is 0.875 bits per heavy atom. The Hall–Kier alpha value is -2.44. The number of rotatable bonds is 0. The number of benzene rings is 2. The predicted molar refractivity (Wildman–Crippen MR) is 66.6 cm³/mol. The minimum atomic E-state index is 0.991. The molecule has 0 aliphatic carbocycles. The molecule has 2 rings (SSSR count). The third kappa shape index (κ3) is 3.05. The van der Waals surface area contributed by atoms with Gasteiger partial charge in [-0.05, 0) is 36.1 Å². The molecular formula is C16H10. The Balaban J connectivity index is 2.09. The van der Waals surface area contributed by atoms with E-state index in [1.54, 1.807) is 0 Å². The lowest BCUT2D eigenvalue weighted by Gasteiger charge is -1.84. The van der Waals surface area contributed by atoms with Crippen molar-refractivity contribution in [3.8, 4) is 23.7 Å². The first-order valence-electron chi connectivity index (χ1n) is 5.07. The molecule has 0 saturated carbocycles. The molecule has 0 spiro atoms. The second-order valence-electron chi connectivity index (χ2n) is 3.23. The van der Waals surface area contributed by atoms with Crippen molar-refractivity contribution in [2.45, 2.75) is 0 Å². The van der Waals surface area contributed by atoms with Gasteiger partial charge in [-0.15, -0.1) is 0 Å². The third-order valence-electron chi connectivity index (χ3n) is 2.02. The van der Waals surface area contributed by atoms with Gasteiger partial charge in [-0.3, -0.25) is 0 Å². The van der Waals surface area contributed by atoms with Gasteiger partial charge in [0.1, 0.15) is 0 Å². The van der Waals surface area contributed by atoms with Crippen molar-refractivity contribution < 1.29 is 0 Å². The number of hydrogen-bond donors (Lipinski definition) is 0. The molecule has 0 radical (unpaired) electrons. The quantitative estimate of drug-likeness (QED) is 0.576. The largest absolute Gasteiger partial charge is 0.0622 e. The zero-order chi connectivity index (χ0) is 11.1. The summed E-state index contributed by atoms with van der Waals surface area (Å²) in [5.41, 5.74) is 1.98. The highest BCUT2D eigenvalue weighted by Gasteiger charge is 1.80. The van der Waals surface area contributed by atoms with Crippen LogP contribution < -0.4 is 0 Å². The summed E-state index contributed by atoms with van der Waals surface area (Å²) in [5.74, 6) is 11.7. The SMILES string of the molecule is C(C#Cc1ccccc1)#Cc1ccccc1. The maximum absolute atomic E-state index is 2.99. The third-order valence-corrected chi connectivity index (χ3v) is 2.02. The van der Waals surface area contributed by atoms with Crippen molar-refractivity contribution in [1.82, 2.24) is 0 Å². The Morgan fingerprint density at radius 1 is 0.500 bits per heavy atom. The van der Waals surface area contributed by atoms with Gasteiger partial charge >= 0.3 is 0 Å². The molecule has 2 aromatic rings. The van der Waals surface area contributed by atoms with E-state index in [0.717, 1.165) is 11.1 Å². The van der Waals surface area contributed by atoms with E-state index >= 15 is 0 Å². The Labute approximate surface area is 95.9 Å². The molecule has 0 saturated heterocycles. The van der Waals surface area contributed by atoms with Crippen LogP contribution in [0.25, 0.3) is 0 Å². The summed E-state index contributed by atoms with van der Waals surface area (Å²) in [7, 11) is 0. The van der Waals surface area contributed by atoms with Gasteiger partial charge in [0.15, 0.2) is 0 Å². The molecule has 74 valence electrons. The second kappa shape index (κ2) is 5.44. The molecule has 2 aromatic carbocycles. The zero-order valence-corrected chi connectivity index (χ0v) is 8.77. The van der Waals surface area contributed by atoms with E-state index in [2.05, 4.69) is 23.7 Å². The van der Waals surface area contributed by atoms with Crippen LogP contribution in [0, 0.1) is 23.7 Å². The summed E-state index contributed by atoms with van der Waals surface area (Å²) < 4.78 is 0. The zero-order valence-electron chi connectivity index (χ0n) is 8.77. The van der Waals surface area contributed by atoms with Gasteiger partial charge in [-0.2, -0.15) is 0 Å². The predicted octanol–water partition coefficient (Wildman–Crippen LogP) is 3.09. The van der Waals surface area contributed by atoms with Gasteiger partial charge in [-0.1, -0.05) is 48.2 Å². The topological polar surface area (TPSA) is 0 Å².